The summed E-state index contributed by atoms with van der Waals surface area (Å²) >= 11 is 0. The zero-order chi connectivity index (χ0) is 13.1. The molecular formula is C18H19N. The Morgan fingerprint density at radius 3 is 2.53 bits per heavy atom. The average Bonchev–Trinajstić information content (AvgIpc) is 2.48. The third-order valence-electron chi connectivity index (χ3n) is 3.83. The number of aryl methyl sites for hydroxylation is 1. The van der Waals surface area contributed by atoms with Gasteiger partial charge < -0.3 is 5.32 Å². The van der Waals surface area contributed by atoms with Gasteiger partial charge in [0, 0.05) is 5.69 Å². The SMILES string of the molecule is C/C=C1/c2ccccc2CCC1Nc1ccccc1. The van der Waals surface area contributed by atoms with Gasteiger partial charge in [-0.3, -0.25) is 0 Å². The standard InChI is InChI=1S/C18H19N/c1-2-16-17-11-7-6-8-14(17)12-13-18(16)19-15-9-4-3-5-10-15/h2-11,18-19H,12-13H2,1H3/b16-2-. The van der Waals surface area contributed by atoms with Gasteiger partial charge in [0.2, 0.25) is 0 Å². The van der Waals surface area contributed by atoms with E-state index < -0.39 is 0 Å². The number of benzene rings is 2. The molecule has 1 aliphatic carbocycles. The van der Waals surface area contributed by atoms with E-state index in [0.717, 1.165) is 12.8 Å². The minimum absolute atomic E-state index is 0.419. The minimum atomic E-state index is 0.419. The fourth-order valence-corrected chi connectivity index (χ4v) is 2.91. The Morgan fingerprint density at radius 2 is 1.74 bits per heavy atom. The smallest absolute Gasteiger partial charge is 0.0519 e. The van der Waals surface area contributed by atoms with E-state index in [9.17, 15) is 0 Å². The highest BCUT2D eigenvalue weighted by atomic mass is 14.9. The summed E-state index contributed by atoms with van der Waals surface area (Å²) in [5.41, 5.74) is 5.50. The Hall–Kier alpha value is -2.02. The highest BCUT2D eigenvalue weighted by Crippen LogP contribution is 2.32. The van der Waals surface area contributed by atoms with E-state index in [4.69, 9.17) is 0 Å². The molecule has 0 spiro atoms. The van der Waals surface area contributed by atoms with Crippen molar-refractivity contribution in [3.63, 3.8) is 0 Å². The van der Waals surface area contributed by atoms with Crippen molar-refractivity contribution in [3.8, 4) is 0 Å². The third kappa shape index (κ3) is 2.41. The maximum absolute atomic E-state index is 3.65. The molecule has 0 amide bonds. The summed E-state index contributed by atoms with van der Waals surface area (Å²) in [5, 5.41) is 3.65. The van der Waals surface area contributed by atoms with Gasteiger partial charge >= 0.3 is 0 Å². The number of rotatable bonds is 2. The summed E-state index contributed by atoms with van der Waals surface area (Å²) < 4.78 is 0. The number of anilines is 1. The van der Waals surface area contributed by atoms with Gasteiger partial charge in [-0.05, 0) is 48.6 Å². The van der Waals surface area contributed by atoms with Crippen molar-refractivity contribution in [2.24, 2.45) is 0 Å². The quantitative estimate of drug-likeness (QED) is 0.825. The molecule has 0 bridgehead atoms. The fourth-order valence-electron chi connectivity index (χ4n) is 2.91. The first-order valence-corrected chi connectivity index (χ1v) is 6.94. The zero-order valence-corrected chi connectivity index (χ0v) is 11.3. The largest absolute Gasteiger partial charge is 0.378 e. The molecule has 1 unspecified atom stereocenters. The number of hydrogen-bond donors (Lipinski definition) is 1. The Kier molecular flexibility index (Phi) is 3.37. The van der Waals surface area contributed by atoms with E-state index in [-0.39, 0.29) is 0 Å². The lowest BCUT2D eigenvalue weighted by Gasteiger charge is -2.29. The number of para-hydroxylation sites is 1. The molecule has 0 saturated heterocycles. The predicted octanol–water partition coefficient (Wildman–Crippen LogP) is 4.52. The van der Waals surface area contributed by atoms with Crippen LogP contribution in [-0.2, 0) is 6.42 Å². The maximum atomic E-state index is 3.65. The Labute approximate surface area is 115 Å². The van der Waals surface area contributed by atoms with Gasteiger partial charge in [-0.15, -0.1) is 0 Å². The lowest BCUT2D eigenvalue weighted by Crippen LogP contribution is -2.26. The van der Waals surface area contributed by atoms with E-state index in [2.05, 4.69) is 72.9 Å². The first-order valence-electron chi connectivity index (χ1n) is 6.94. The van der Waals surface area contributed by atoms with Crippen LogP contribution in [0.5, 0.6) is 0 Å². The van der Waals surface area contributed by atoms with Crippen LogP contribution >= 0.6 is 0 Å². The molecule has 0 aromatic heterocycles. The Balaban J connectivity index is 1.89. The van der Waals surface area contributed by atoms with Crippen LogP contribution < -0.4 is 5.32 Å². The molecule has 0 heterocycles. The molecular weight excluding hydrogens is 230 g/mol. The van der Waals surface area contributed by atoms with Gasteiger partial charge in [0.15, 0.2) is 0 Å². The Morgan fingerprint density at radius 1 is 1.00 bits per heavy atom. The van der Waals surface area contributed by atoms with Crippen LogP contribution in [0.15, 0.2) is 60.7 Å². The maximum Gasteiger partial charge on any atom is 0.0519 e. The molecule has 1 aliphatic rings. The van der Waals surface area contributed by atoms with Gasteiger partial charge in [0.1, 0.15) is 0 Å². The van der Waals surface area contributed by atoms with Crippen LogP contribution in [-0.4, -0.2) is 6.04 Å². The third-order valence-corrected chi connectivity index (χ3v) is 3.83. The zero-order valence-electron chi connectivity index (χ0n) is 11.3. The van der Waals surface area contributed by atoms with E-state index in [1.54, 1.807) is 0 Å². The molecule has 1 nitrogen and oxygen atoms in total. The normalized spacial score (nSPS) is 20.1. The Bertz CT molecular complexity index is 584. The predicted molar refractivity (Wildman–Crippen MR) is 82.3 cm³/mol. The average molecular weight is 249 g/mol. The van der Waals surface area contributed by atoms with Crippen LogP contribution in [0.1, 0.15) is 24.5 Å². The molecule has 1 N–H and O–H groups in total. The van der Waals surface area contributed by atoms with Crippen molar-refractivity contribution in [1.29, 1.82) is 0 Å². The summed E-state index contributed by atoms with van der Waals surface area (Å²) in [4.78, 5) is 0. The highest BCUT2D eigenvalue weighted by molar-refractivity contribution is 5.76. The molecule has 2 aromatic rings. The summed E-state index contributed by atoms with van der Waals surface area (Å²) in [5.74, 6) is 0. The molecule has 0 saturated carbocycles. The van der Waals surface area contributed by atoms with Crippen molar-refractivity contribution >= 4 is 11.3 Å². The van der Waals surface area contributed by atoms with Crippen LogP contribution in [0.4, 0.5) is 5.69 Å². The fraction of sp³-hybridized carbons (Fsp3) is 0.222. The molecule has 1 heteroatoms. The van der Waals surface area contributed by atoms with E-state index in [1.165, 1.54) is 22.4 Å². The molecule has 1 atom stereocenters. The van der Waals surface area contributed by atoms with Gasteiger partial charge in [-0.25, -0.2) is 0 Å². The molecule has 0 aliphatic heterocycles. The van der Waals surface area contributed by atoms with Crippen LogP contribution in [0.2, 0.25) is 0 Å². The molecule has 0 fully saturated rings. The first-order chi connectivity index (χ1) is 9.38. The van der Waals surface area contributed by atoms with Crippen molar-refractivity contribution in [3.05, 3.63) is 71.8 Å². The lowest BCUT2D eigenvalue weighted by atomic mass is 9.83. The summed E-state index contributed by atoms with van der Waals surface area (Å²) in [6, 6.07) is 19.6. The number of allylic oxidation sites excluding steroid dienone is 1. The summed E-state index contributed by atoms with van der Waals surface area (Å²) in [7, 11) is 0. The summed E-state index contributed by atoms with van der Waals surface area (Å²) in [6.45, 7) is 2.14. The van der Waals surface area contributed by atoms with E-state index in [1.807, 2.05) is 0 Å². The number of nitrogens with one attached hydrogen (secondary N) is 1. The van der Waals surface area contributed by atoms with Crippen molar-refractivity contribution < 1.29 is 0 Å². The van der Waals surface area contributed by atoms with Gasteiger partial charge in [0.25, 0.3) is 0 Å². The molecule has 3 rings (SSSR count). The lowest BCUT2D eigenvalue weighted by molar-refractivity contribution is 0.745. The molecule has 0 radical (unpaired) electrons. The van der Waals surface area contributed by atoms with Crippen molar-refractivity contribution in [1.82, 2.24) is 0 Å². The second kappa shape index (κ2) is 5.31. The van der Waals surface area contributed by atoms with Gasteiger partial charge in [-0.1, -0.05) is 48.5 Å². The topological polar surface area (TPSA) is 12.0 Å². The van der Waals surface area contributed by atoms with E-state index >= 15 is 0 Å². The number of hydrogen-bond acceptors (Lipinski definition) is 1. The minimum Gasteiger partial charge on any atom is -0.378 e. The van der Waals surface area contributed by atoms with Gasteiger partial charge in [-0.2, -0.15) is 0 Å². The van der Waals surface area contributed by atoms with E-state index in [0.29, 0.717) is 6.04 Å². The molecule has 2 aromatic carbocycles. The second-order valence-corrected chi connectivity index (χ2v) is 5.00. The highest BCUT2D eigenvalue weighted by Gasteiger charge is 2.22. The van der Waals surface area contributed by atoms with Crippen LogP contribution in [0.25, 0.3) is 5.57 Å². The summed E-state index contributed by atoms with van der Waals surface area (Å²) in [6.07, 6.45) is 4.56. The monoisotopic (exact) mass is 249 g/mol. The van der Waals surface area contributed by atoms with Crippen LogP contribution in [0, 0.1) is 0 Å². The van der Waals surface area contributed by atoms with Crippen LogP contribution in [0.3, 0.4) is 0 Å². The second-order valence-electron chi connectivity index (χ2n) is 5.00. The van der Waals surface area contributed by atoms with Gasteiger partial charge in [0.05, 0.1) is 6.04 Å². The number of fused-ring (bicyclic) bond motifs is 1. The van der Waals surface area contributed by atoms with Crippen molar-refractivity contribution in [2.75, 3.05) is 5.32 Å². The first kappa shape index (κ1) is 12.0. The van der Waals surface area contributed by atoms with Crippen molar-refractivity contribution in [2.45, 2.75) is 25.8 Å². The molecule has 96 valence electrons. The molecule has 19 heavy (non-hydrogen) atoms.